The SMILES string of the molecule is CCCN(CCO)c1nccc2occc12. The molecule has 0 fully saturated rings. The first kappa shape index (κ1) is 11.0. The Morgan fingerprint density at radius 3 is 3.00 bits per heavy atom. The molecule has 2 aromatic heterocycles. The zero-order valence-corrected chi connectivity index (χ0v) is 9.39. The van der Waals surface area contributed by atoms with Crippen LogP contribution in [-0.2, 0) is 0 Å². The van der Waals surface area contributed by atoms with Gasteiger partial charge in [0, 0.05) is 19.3 Å². The summed E-state index contributed by atoms with van der Waals surface area (Å²) in [5, 5.41) is 10.1. The largest absolute Gasteiger partial charge is 0.464 e. The molecule has 0 bridgehead atoms. The molecule has 0 radical (unpaired) electrons. The molecule has 0 unspecified atom stereocenters. The molecule has 4 nitrogen and oxygen atoms in total. The van der Waals surface area contributed by atoms with Gasteiger partial charge in [-0.25, -0.2) is 4.98 Å². The summed E-state index contributed by atoms with van der Waals surface area (Å²) in [7, 11) is 0. The van der Waals surface area contributed by atoms with Crippen LogP contribution in [0.5, 0.6) is 0 Å². The van der Waals surface area contributed by atoms with E-state index in [1.165, 1.54) is 0 Å². The molecule has 16 heavy (non-hydrogen) atoms. The van der Waals surface area contributed by atoms with Gasteiger partial charge in [0.1, 0.15) is 11.4 Å². The average molecular weight is 220 g/mol. The van der Waals surface area contributed by atoms with Crippen LogP contribution in [0.15, 0.2) is 29.0 Å². The smallest absolute Gasteiger partial charge is 0.139 e. The Labute approximate surface area is 94.5 Å². The van der Waals surface area contributed by atoms with Crippen LogP contribution in [0.4, 0.5) is 5.82 Å². The highest BCUT2D eigenvalue weighted by Gasteiger charge is 2.11. The van der Waals surface area contributed by atoms with Crippen molar-refractivity contribution in [2.75, 3.05) is 24.6 Å². The fourth-order valence-corrected chi connectivity index (χ4v) is 1.85. The second-order valence-corrected chi connectivity index (χ2v) is 3.68. The van der Waals surface area contributed by atoms with Crippen molar-refractivity contribution in [3.63, 3.8) is 0 Å². The molecule has 4 heteroatoms. The standard InChI is InChI=1S/C12H16N2O2/c1-2-6-14(7-8-15)12-10-4-9-16-11(10)3-5-13-12/h3-5,9,15H,2,6-8H2,1H3. The van der Waals surface area contributed by atoms with Crippen LogP contribution in [-0.4, -0.2) is 29.8 Å². The molecule has 0 saturated heterocycles. The van der Waals surface area contributed by atoms with Crippen molar-refractivity contribution in [1.29, 1.82) is 0 Å². The zero-order valence-electron chi connectivity index (χ0n) is 9.39. The molecule has 2 aromatic rings. The first-order valence-electron chi connectivity index (χ1n) is 5.55. The van der Waals surface area contributed by atoms with Gasteiger partial charge < -0.3 is 14.4 Å². The third-order valence-electron chi connectivity index (χ3n) is 2.52. The second-order valence-electron chi connectivity index (χ2n) is 3.68. The van der Waals surface area contributed by atoms with Crippen LogP contribution in [0.3, 0.4) is 0 Å². The highest BCUT2D eigenvalue weighted by molar-refractivity contribution is 5.88. The molecular weight excluding hydrogens is 204 g/mol. The van der Waals surface area contributed by atoms with Crippen LogP contribution in [0.1, 0.15) is 13.3 Å². The first-order chi connectivity index (χ1) is 7.86. The van der Waals surface area contributed by atoms with Gasteiger partial charge >= 0.3 is 0 Å². The Hall–Kier alpha value is -1.55. The monoisotopic (exact) mass is 220 g/mol. The second kappa shape index (κ2) is 4.99. The molecule has 0 atom stereocenters. The van der Waals surface area contributed by atoms with E-state index in [2.05, 4.69) is 16.8 Å². The Balaban J connectivity index is 2.38. The van der Waals surface area contributed by atoms with Gasteiger partial charge in [-0.15, -0.1) is 0 Å². The summed E-state index contributed by atoms with van der Waals surface area (Å²) < 4.78 is 5.34. The van der Waals surface area contributed by atoms with E-state index in [1.807, 2.05) is 12.1 Å². The minimum absolute atomic E-state index is 0.135. The van der Waals surface area contributed by atoms with Crippen LogP contribution in [0.25, 0.3) is 11.0 Å². The van der Waals surface area contributed by atoms with Crippen molar-refractivity contribution in [3.05, 3.63) is 24.6 Å². The van der Waals surface area contributed by atoms with Crippen molar-refractivity contribution in [2.24, 2.45) is 0 Å². The van der Waals surface area contributed by atoms with E-state index in [-0.39, 0.29) is 6.61 Å². The van der Waals surface area contributed by atoms with E-state index < -0.39 is 0 Å². The van der Waals surface area contributed by atoms with E-state index in [4.69, 9.17) is 9.52 Å². The third-order valence-corrected chi connectivity index (χ3v) is 2.52. The van der Waals surface area contributed by atoms with Crippen LogP contribution in [0, 0.1) is 0 Å². The van der Waals surface area contributed by atoms with Crippen molar-refractivity contribution in [2.45, 2.75) is 13.3 Å². The zero-order chi connectivity index (χ0) is 11.4. The van der Waals surface area contributed by atoms with Crippen molar-refractivity contribution < 1.29 is 9.52 Å². The lowest BCUT2D eigenvalue weighted by atomic mass is 10.3. The maximum atomic E-state index is 9.05. The van der Waals surface area contributed by atoms with Gasteiger partial charge in [0.2, 0.25) is 0 Å². The number of aliphatic hydroxyl groups excluding tert-OH is 1. The van der Waals surface area contributed by atoms with E-state index in [9.17, 15) is 0 Å². The molecule has 2 rings (SSSR count). The minimum atomic E-state index is 0.135. The summed E-state index contributed by atoms with van der Waals surface area (Å²) in [4.78, 5) is 6.45. The molecule has 0 aromatic carbocycles. The number of aliphatic hydroxyl groups is 1. The van der Waals surface area contributed by atoms with Crippen molar-refractivity contribution in [3.8, 4) is 0 Å². The Morgan fingerprint density at radius 2 is 2.25 bits per heavy atom. The maximum Gasteiger partial charge on any atom is 0.139 e. The first-order valence-corrected chi connectivity index (χ1v) is 5.55. The lowest BCUT2D eigenvalue weighted by molar-refractivity contribution is 0.301. The van der Waals surface area contributed by atoms with Gasteiger partial charge in [0.05, 0.1) is 18.3 Å². The molecule has 0 amide bonds. The summed E-state index contributed by atoms with van der Waals surface area (Å²) in [6.45, 7) is 3.73. The predicted molar refractivity (Wildman–Crippen MR) is 63.6 cm³/mol. The van der Waals surface area contributed by atoms with E-state index in [0.717, 1.165) is 29.8 Å². The number of aromatic nitrogens is 1. The molecule has 2 heterocycles. The van der Waals surface area contributed by atoms with Gasteiger partial charge in [0.15, 0.2) is 0 Å². The molecule has 0 saturated carbocycles. The number of rotatable bonds is 5. The summed E-state index contributed by atoms with van der Waals surface area (Å²) in [6, 6.07) is 3.76. The minimum Gasteiger partial charge on any atom is -0.464 e. The summed E-state index contributed by atoms with van der Waals surface area (Å²) in [6.07, 6.45) is 4.43. The van der Waals surface area contributed by atoms with Gasteiger partial charge in [-0.3, -0.25) is 0 Å². The van der Waals surface area contributed by atoms with Crippen LogP contribution in [0.2, 0.25) is 0 Å². The molecule has 86 valence electrons. The quantitative estimate of drug-likeness (QED) is 0.837. The van der Waals surface area contributed by atoms with Gasteiger partial charge in [0.25, 0.3) is 0 Å². The summed E-state index contributed by atoms with van der Waals surface area (Å²) >= 11 is 0. The predicted octanol–water partition coefficient (Wildman–Crippen LogP) is 2.04. The molecule has 0 spiro atoms. The molecule has 1 N–H and O–H groups in total. The van der Waals surface area contributed by atoms with E-state index in [1.54, 1.807) is 12.5 Å². The number of pyridine rings is 1. The lowest BCUT2D eigenvalue weighted by Gasteiger charge is -2.22. The highest BCUT2D eigenvalue weighted by Crippen LogP contribution is 2.24. The van der Waals surface area contributed by atoms with E-state index >= 15 is 0 Å². The molecule has 0 aliphatic carbocycles. The number of furan rings is 1. The lowest BCUT2D eigenvalue weighted by Crippen LogP contribution is -2.28. The Morgan fingerprint density at radius 1 is 1.38 bits per heavy atom. The third kappa shape index (κ3) is 2.02. The molecular formula is C12H16N2O2. The summed E-state index contributed by atoms with van der Waals surface area (Å²) in [5.41, 5.74) is 0.837. The number of hydrogen-bond donors (Lipinski definition) is 1. The molecule has 0 aliphatic rings. The van der Waals surface area contributed by atoms with Crippen molar-refractivity contribution in [1.82, 2.24) is 4.98 Å². The molecule has 0 aliphatic heterocycles. The fraction of sp³-hybridized carbons (Fsp3) is 0.417. The number of anilines is 1. The topological polar surface area (TPSA) is 49.5 Å². The number of hydrogen-bond acceptors (Lipinski definition) is 4. The van der Waals surface area contributed by atoms with Crippen LogP contribution >= 0.6 is 0 Å². The normalized spacial score (nSPS) is 10.9. The van der Waals surface area contributed by atoms with Crippen LogP contribution < -0.4 is 4.90 Å². The highest BCUT2D eigenvalue weighted by atomic mass is 16.3. The average Bonchev–Trinajstić information content (AvgIpc) is 2.76. The van der Waals surface area contributed by atoms with Gasteiger partial charge in [-0.1, -0.05) is 6.92 Å². The van der Waals surface area contributed by atoms with Gasteiger partial charge in [-0.05, 0) is 18.6 Å². The Kier molecular flexibility index (Phi) is 3.41. The van der Waals surface area contributed by atoms with E-state index in [0.29, 0.717) is 6.54 Å². The number of fused-ring (bicyclic) bond motifs is 1. The summed E-state index contributed by atoms with van der Waals surface area (Å²) in [5.74, 6) is 0.891. The maximum absolute atomic E-state index is 9.05. The van der Waals surface area contributed by atoms with Crippen molar-refractivity contribution >= 4 is 16.8 Å². The van der Waals surface area contributed by atoms with Gasteiger partial charge in [-0.2, -0.15) is 0 Å². The fourth-order valence-electron chi connectivity index (χ4n) is 1.85. The Bertz CT molecular complexity index is 447. The number of nitrogens with zero attached hydrogens (tertiary/aromatic N) is 2.